The molecule has 0 aromatic heterocycles. The molecular weight excluding hydrogens is 232 g/mol. The molecule has 0 bridgehead atoms. The number of carboxylic acid groups (broad SMARTS) is 1. The molecule has 0 aliphatic heterocycles. The summed E-state index contributed by atoms with van der Waals surface area (Å²) in [4.78, 5) is 23.6. The summed E-state index contributed by atoms with van der Waals surface area (Å²) in [5.74, 6) is -0.744. The van der Waals surface area contributed by atoms with Crippen molar-refractivity contribution in [2.75, 3.05) is 19.6 Å². The Bertz CT molecular complexity index is 267. The maximum absolute atomic E-state index is 11.6. The van der Waals surface area contributed by atoms with Crippen LogP contribution in [0.5, 0.6) is 0 Å². The van der Waals surface area contributed by atoms with E-state index in [4.69, 9.17) is 5.11 Å². The Morgan fingerprint density at radius 2 is 1.94 bits per heavy atom. The van der Waals surface area contributed by atoms with Gasteiger partial charge in [-0.3, -0.25) is 4.79 Å². The fourth-order valence-electron chi connectivity index (χ4n) is 1.57. The number of urea groups is 1. The number of hydrogen-bond donors (Lipinski definition) is 2. The maximum atomic E-state index is 11.6. The van der Waals surface area contributed by atoms with Crippen LogP contribution < -0.4 is 5.32 Å². The highest BCUT2D eigenvalue weighted by Gasteiger charge is 2.07. The molecular formula is C13H24N2O3. The number of amides is 2. The van der Waals surface area contributed by atoms with Crippen molar-refractivity contribution >= 4 is 12.0 Å². The van der Waals surface area contributed by atoms with Gasteiger partial charge < -0.3 is 15.3 Å². The summed E-state index contributed by atoms with van der Waals surface area (Å²) in [6, 6.07) is -0.0667. The van der Waals surface area contributed by atoms with E-state index in [1.807, 2.05) is 6.92 Å². The van der Waals surface area contributed by atoms with Crippen molar-refractivity contribution in [1.29, 1.82) is 0 Å². The van der Waals surface area contributed by atoms with E-state index in [0.29, 0.717) is 26.1 Å². The number of aliphatic carboxylic acids is 1. The van der Waals surface area contributed by atoms with Crippen LogP contribution in [0.15, 0.2) is 12.7 Å². The van der Waals surface area contributed by atoms with Crippen LogP contribution in [0.2, 0.25) is 0 Å². The van der Waals surface area contributed by atoms with Gasteiger partial charge in [-0.05, 0) is 19.8 Å². The van der Waals surface area contributed by atoms with Gasteiger partial charge in [0.15, 0.2) is 0 Å². The molecule has 0 fully saturated rings. The van der Waals surface area contributed by atoms with Crippen LogP contribution in [0, 0.1) is 0 Å². The Hall–Kier alpha value is -1.52. The summed E-state index contributed by atoms with van der Waals surface area (Å²) in [5, 5.41) is 11.3. The van der Waals surface area contributed by atoms with Gasteiger partial charge in [-0.1, -0.05) is 18.9 Å². The van der Waals surface area contributed by atoms with Crippen molar-refractivity contribution in [3.05, 3.63) is 12.7 Å². The second-order valence-corrected chi connectivity index (χ2v) is 4.12. The molecule has 0 saturated heterocycles. The molecule has 2 N–H and O–H groups in total. The summed E-state index contributed by atoms with van der Waals surface area (Å²) >= 11 is 0. The lowest BCUT2D eigenvalue weighted by Crippen LogP contribution is -2.40. The summed E-state index contributed by atoms with van der Waals surface area (Å²) in [7, 11) is 0. The zero-order valence-corrected chi connectivity index (χ0v) is 11.2. The van der Waals surface area contributed by atoms with Gasteiger partial charge in [-0.15, -0.1) is 6.58 Å². The molecule has 0 saturated carbocycles. The molecule has 18 heavy (non-hydrogen) atoms. The first-order valence-electron chi connectivity index (χ1n) is 6.47. The molecule has 0 radical (unpaired) electrons. The third-order valence-electron chi connectivity index (χ3n) is 2.61. The van der Waals surface area contributed by atoms with Crippen LogP contribution in [0.1, 0.15) is 39.0 Å². The maximum Gasteiger partial charge on any atom is 0.317 e. The molecule has 0 spiro atoms. The van der Waals surface area contributed by atoms with E-state index in [1.54, 1.807) is 11.0 Å². The first-order valence-corrected chi connectivity index (χ1v) is 6.47. The summed E-state index contributed by atoms with van der Waals surface area (Å²) in [6.45, 7) is 7.39. The van der Waals surface area contributed by atoms with E-state index < -0.39 is 5.97 Å². The third-order valence-corrected chi connectivity index (χ3v) is 2.61. The van der Waals surface area contributed by atoms with Gasteiger partial charge >= 0.3 is 12.0 Å². The number of unbranched alkanes of at least 4 members (excludes halogenated alkanes) is 3. The zero-order valence-electron chi connectivity index (χ0n) is 11.2. The molecule has 0 aliphatic carbocycles. The number of rotatable bonds is 10. The number of carbonyl (C=O) groups is 2. The highest BCUT2D eigenvalue weighted by Crippen LogP contribution is 2.02. The fourth-order valence-corrected chi connectivity index (χ4v) is 1.57. The number of likely N-dealkylation sites (N-methyl/N-ethyl adjacent to an activating group) is 1. The van der Waals surface area contributed by atoms with Crippen LogP contribution in [0.25, 0.3) is 0 Å². The minimum atomic E-state index is -0.744. The van der Waals surface area contributed by atoms with E-state index in [2.05, 4.69) is 11.9 Å². The first kappa shape index (κ1) is 16.5. The number of hydrogen-bond acceptors (Lipinski definition) is 2. The number of carbonyl (C=O) groups excluding carboxylic acids is 1. The minimum absolute atomic E-state index is 0.0667. The second kappa shape index (κ2) is 10.6. The predicted molar refractivity (Wildman–Crippen MR) is 71.6 cm³/mol. The average Bonchev–Trinajstić information content (AvgIpc) is 2.34. The van der Waals surface area contributed by atoms with Crippen LogP contribution in [-0.4, -0.2) is 41.6 Å². The molecule has 0 aliphatic rings. The minimum Gasteiger partial charge on any atom is -0.481 e. The van der Waals surface area contributed by atoms with Crippen LogP contribution in [0.3, 0.4) is 0 Å². The van der Waals surface area contributed by atoms with Gasteiger partial charge in [-0.2, -0.15) is 0 Å². The summed E-state index contributed by atoms with van der Waals surface area (Å²) in [6.07, 6.45) is 5.37. The Balaban J connectivity index is 3.50. The molecule has 0 unspecified atom stereocenters. The molecule has 104 valence electrons. The Kier molecular flexibility index (Phi) is 9.73. The van der Waals surface area contributed by atoms with Crippen molar-refractivity contribution in [1.82, 2.24) is 10.2 Å². The van der Waals surface area contributed by atoms with Gasteiger partial charge in [0, 0.05) is 26.1 Å². The monoisotopic (exact) mass is 256 g/mol. The normalized spacial score (nSPS) is 9.83. The van der Waals surface area contributed by atoms with E-state index >= 15 is 0 Å². The van der Waals surface area contributed by atoms with Gasteiger partial charge in [0.05, 0.1) is 0 Å². The highest BCUT2D eigenvalue weighted by atomic mass is 16.4. The van der Waals surface area contributed by atoms with Crippen molar-refractivity contribution in [2.45, 2.75) is 39.0 Å². The highest BCUT2D eigenvalue weighted by molar-refractivity contribution is 5.74. The standard InChI is InChI=1S/C13H24N2O3/c1-3-11-15(4-2)13(18)14-10-8-6-5-7-9-12(16)17/h3H,1,4-11H2,2H3,(H,14,18)(H,16,17). The van der Waals surface area contributed by atoms with Crippen molar-refractivity contribution in [3.63, 3.8) is 0 Å². The summed E-state index contributed by atoms with van der Waals surface area (Å²) in [5.41, 5.74) is 0. The molecule has 0 aromatic rings. The molecule has 0 rings (SSSR count). The molecule has 0 heterocycles. The smallest absolute Gasteiger partial charge is 0.317 e. The average molecular weight is 256 g/mol. The lowest BCUT2D eigenvalue weighted by molar-refractivity contribution is -0.137. The van der Waals surface area contributed by atoms with Crippen molar-refractivity contribution in [3.8, 4) is 0 Å². The predicted octanol–water partition coefficient (Wildman–Crippen LogP) is 2.24. The Morgan fingerprint density at radius 3 is 2.50 bits per heavy atom. The molecule has 5 nitrogen and oxygen atoms in total. The summed E-state index contributed by atoms with van der Waals surface area (Å²) < 4.78 is 0. The number of carboxylic acids is 1. The molecule has 5 heteroatoms. The number of nitrogens with zero attached hydrogens (tertiary/aromatic N) is 1. The first-order chi connectivity index (χ1) is 8.61. The van der Waals surface area contributed by atoms with Crippen LogP contribution in [-0.2, 0) is 4.79 Å². The fraction of sp³-hybridized carbons (Fsp3) is 0.692. The van der Waals surface area contributed by atoms with E-state index in [-0.39, 0.29) is 12.5 Å². The van der Waals surface area contributed by atoms with Crippen LogP contribution >= 0.6 is 0 Å². The lowest BCUT2D eigenvalue weighted by atomic mass is 10.1. The number of nitrogens with one attached hydrogen (secondary N) is 1. The van der Waals surface area contributed by atoms with Gasteiger partial charge in [0.1, 0.15) is 0 Å². The van der Waals surface area contributed by atoms with E-state index in [1.165, 1.54) is 0 Å². The third kappa shape index (κ3) is 8.61. The zero-order chi connectivity index (χ0) is 13.8. The van der Waals surface area contributed by atoms with E-state index in [9.17, 15) is 9.59 Å². The molecule has 2 amide bonds. The largest absolute Gasteiger partial charge is 0.481 e. The Morgan fingerprint density at radius 1 is 1.28 bits per heavy atom. The quantitative estimate of drug-likeness (QED) is 0.465. The molecule has 0 atom stereocenters. The van der Waals surface area contributed by atoms with Gasteiger partial charge in [0.25, 0.3) is 0 Å². The van der Waals surface area contributed by atoms with Gasteiger partial charge in [0.2, 0.25) is 0 Å². The SMILES string of the molecule is C=CCN(CC)C(=O)NCCCCCCC(=O)O. The topological polar surface area (TPSA) is 69.6 Å². The van der Waals surface area contributed by atoms with Crippen molar-refractivity contribution in [2.24, 2.45) is 0 Å². The Labute approximate surface area is 109 Å². The van der Waals surface area contributed by atoms with Crippen molar-refractivity contribution < 1.29 is 14.7 Å². The second-order valence-electron chi connectivity index (χ2n) is 4.12. The van der Waals surface area contributed by atoms with Crippen LogP contribution in [0.4, 0.5) is 4.79 Å². The van der Waals surface area contributed by atoms with E-state index in [0.717, 1.165) is 19.3 Å². The lowest BCUT2D eigenvalue weighted by Gasteiger charge is -2.19. The van der Waals surface area contributed by atoms with Gasteiger partial charge in [-0.25, -0.2) is 4.79 Å². The molecule has 0 aromatic carbocycles.